The quantitative estimate of drug-likeness (QED) is 0.779. The van der Waals surface area contributed by atoms with E-state index in [-0.39, 0.29) is 0 Å². The van der Waals surface area contributed by atoms with Gasteiger partial charge >= 0.3 is 0 Å². The van der Waals surface area contributed by atoms with Gasteiger partial charge < -0.3 is 14.6 Å². The summed E-state index contributed by atoms with van der Waals surface area (Å²) in [5.74, 6) is 0.917. The van der Waals surface area contributed by atoms with Crippen molar-refractivity contribution in [1.82, 2.24) is 9.88 Å². The second-order valence-electron chi connectivity index (χ2n) is 5.89. The Kier molecular flexibility index (Phi) is 3.76. The average molecular weight is 304 g/mol. The molecule has 116 valence electrons. The number of ether oxygens (including phenoxy) is 1. The van der Waals surface area contributed by atoms with Crippen molar-refractivity contribution in [2.45, 2.75) is 19.1 Å². The fourth-order valence-corrected chi connectivity index (χ4v) is 3.08. The molecule has 0 aliphatic carbocycles. The minimum absolute atomic E-state index is 0.435. The summed E-state index contributed by atoms with van der Waals surface area (Å²) in [7, 11) is 0. The van der Waals surface area contributed by atoms with Crippen LogP contribution in [-0.4, -0.2) is 11.1 Å². The molecule has 2 aromatic carbocycles. The Labute approximate surface area is 136 Å². The van der Waals surface area contributed by atoms with Crippen LogP contribution in [0.4, 0.5) is 0 Å². The van der Waals surface area contributed by atoms with Crippen LogP contribution >= 0.6 is 0 Å². The van der Waals surface area contributed by atoms with Crippen LogP contribution in [0.2, 0.25) is 0 Å². The third kappa shape index (κ3) is 2.95. The molecule has 2 heterocycles. The molecule has 1 aliphatic heterocycles. The van der Waals surface area contributed by atoms with Crippen LogP contribution in [0.3, 0.4) is 0 Å². The van der Waals surface area contributed by atoms with Gasteiger partial charge in [0.15, 0.2) is 0 Å². The van der Waals surface area contributed by atoms with Gasteiger partial charge in [-0.15, -0.1) is 0 Å². The van der Waals surface area contributed by atoms with E-state index in [1.54, 1.807) is 0 Å². The molecule has 3 heteroatoms. The molecule has 3 aromatic rings. The Hall–Kier alpha value is -2.68. The number of allylic oxidation sites excluding steroid dienone is 1. The molecule has 1 atom stereocenters. The van der Waals surface area contributed by atoms with Crippen molar-refractivity contribution in [1.29, 1.82) is 0 Å². The maximum Gasteiger partial charge on any atom is 0.120 e. The van der Waals surface area contributed by atoms with Crippen molar-refractivity contribution < 1.29 is 4.74 Å². The zero-order valence-electron chi connectivity index (χ0n) is 13.0. The van der Waals surface area contributed by atoms with E-state index in [0.29, 0.717) is 12.6 Å². The van der Waals surface area contributed by atoms with E-state index in [9.17, 15) is 0 Å². The van der Waals surface area contributed by atoms with Crippen molar-refractivity contribution in [2.24, 2.45) is 0 Å². The summed E-state index contributed by atoms with van der Waals surface area (Å²) in [6, 6.07) is 19.2. The summed E-state index contributed by atoms with van der Waals surface area (Å²) < 4.78 is 8.26. The Morgan fingerprint density at radius 3 is 2.83 bits per heavy atom. The molecule has 1 aromatic heterocycles. The molecule has 4 rings (SSSR count). The van der Waals surface area contributed by atoms with Gasteiger partial charge in [-0.1, -0.05) is 30.3 Å². The van der Waals surface area contributed by atoms with Gasteiger partial charge in [0, 0.05) is 23.6 Å². The number of hydrogen-bond acceptors (Lipinski definition) is 2. The molecule has 0 bridgehead atoms. The van der Waals surface area contributed by atoms with Crippen LogP contribution in [0.1, 0.15) is 18.0 Å². The number of fused-ring (bicyclic) bond motifs is 1. The molecular formula is C20H20N2O. The number of nitrogens with one attached hydrogen (secondary N) is 1. The number of hydrogen-bond donors (Lipinski definition) is 1. The van der Waals surface area contributed by atoms with Gasteiger partial charge in [0.1, 0.15) is 12.4 Å². The third-order valence-electron chi connectivity index (χ3n) is 4.32. The first-order valence-corrected chi connectivity index (χ1v) is 8.07. The summed E-state index contributed by atoms with van der Waals surface area (Å²) in [6.07, 6.45) is 7.57. The van der Waals surface area contributed by atoms with Crippen molar-refractivity contribution in [3.63, 3.8) is 0 Å². The molecule has 23 heavy (non-hydrogen) atoms. The highest BCUT2D eigenvalue weighted by molar-refractivity contribution is 5.82. The standard InChI is InChI=1S/C20H20N2O/c1-2-4-16(5-3-1)15-23-19-6-7-20-17(14-19)10-13-22(20)18-8-11-21-12-9-18/h1-8,10-11,13-14,18,21H,9,12,15H2. The van der Waals surface area contributed by atoms with Gasteiger partial charge in [0.05, 0.1) is 6.04 Å². The molecule has 0 fully saturated rings. The molecule has 0 spiro atoms. The molecule has 3 nitrogen and oxygen atoms in total. The molecule has 1 unspecified atom stereocenters. The topological polar surface area (TPSA) is 26.2 Å². The summed E-state index contributed by atoms with van der Waals surface area (Å²) >= 11 is 0. The van der Waals surface area contributed by atoms with Crippen LogP contribution in [0, 0.1) is 0 Å². The molecule has 0 amide bonds. The summed E-state index contributed by atoms with van der Waals surface area (Å²) in [6.45, 7) is 1.63. The van der Waals surface area contributed by atoms with Crippen molar-refractivity contribution >= 4 is 10.9 Å². The van der Waals surface area contributed by atoms with Crippen molar-refractivity contribution in [3.8, 4) is 5.75 Å². The Morgan fingerprint density at radius 1 is 1.09 bits per heavy atom. The summed E-state index contributed by atoms with van der Waals surface area (Å²) in [4.78, 5) is 0. The van der Waals surface area contributed by atoms with Crippen LogP contribution in [-0.2, 0) is 6.61 Å². The van der Waals surface area contributed by atoms with E-state index in [0.717, 1.165) is 18.7 Å². The molecule has 0 saturated heterocycles. The Balaban J connectivity index is 1.55. The second-order valence-corrected chi connectivity index (χ2v) is 5.89. The lowest BCUT2D eigenvalue weighted by Gasteiger charge is -2.20. The highest BCUT2D eigenvalue weighted by Crippen LogP contribution is 2.27. The lowest BCUT2D eigenvalue weighted by atomic mass is 10.1. The lowest BCUT2D eigenvalue weighted by molar-refractivity contribution is 0.306. The van der Waals surface area contributed by atoms with E-state index < -0.39 is 0 Å². The fraction of sp³-hybridized carbons (Fsp3) is 0.200. The number of rotatable bonds is 4. The maximum atomic E-state index is 5.92. The average Bonchev–Trinajstić information content (AvgIpc) is 3.05. The minimum Gasteiger partial charge on any atom is -0.489 e. The van der Waals surface area contributed by atoms with Gasteiger partial charge in [-0.25, -0.2) is 0 Å². The third-order valence-corrected chi connectivity index (χ3v) is 4.32. The van der Waals surface area contributed by atoms with E-state index >= 15 is 0 Å². The lowest BCUT2D eigenvalue weighted by Crippen LogP contribution is -2.19. The summed E-state index contributed by atoms with van der Waals surface area (Å²) in [5.41, 5.74) is 2.44. The van der Waals surface area contributed by atoms with Crippen LogP contribution < -0.4 is 10.1 Å². The largest absolute Gasteiger partial charge is 0.489 e. The SMILES string of the molecule is C1=CC(n2ccc3cc(OCc4ccccc4)ccc32)CCN1. The zero-order chi connectivity index (χ0) is 15.5. The normalized spacial score (nSPS) is 17.1. The van der Waals surface area contributed by atoms with E-state index in [1.807, 2.05) is 18.2 Å². The molecule has 1 N–H and O–H groups in total. The van der Waals surface area contributed by atoms with Crippen molar-refractivity contribution in [2.75, 3.05) is 6.54 Å². The highest BCUT2D eigenvalue weighted by Gasteiger charge is 2.12. The van der Waals surface area contributed by atoms with Crippen molar-refractivity contribution in [3.05, 3.63) is 78.6 Å². The Bertz CT molecular complexity index is 820. The van der Waals surface area contributed by atoms with Gasteiger partial charge in [0.2, 0.25) is 0 Å². The highest BCUT2D eigenvalue weighted by atomic mass is 16.5. The minimum atomic E-state index is 0.435. The van der Waals surface area contributed by atoms with E-state index in [1.165, 1.54) is 16.5 Å². The zero-order valence-corrected chi connectivity index (χ0v) is 13.0. The predicted molar refractivity (Wildman–Crippen MR) is 93.5 cm³/mol. The number of benzene rings is 2. The van der Waals surface area contributed by atoms with Crippen LogP contribution in [0.25, 0.3) is 10.9 Å². The smallest absolute Gasteiger partial charge is 0.120 e. The Morgan fingerprint density at radius 2 is 2.00 bits per heavy atom. The maximum absolute atomic E-state index is 5.92. The van der Waals surface area contributed by atoms with Crippen LogP contribution in [0.5, 0.6) is 5.75 Å². The first-order valence-electron chi connectivity index (χ1n) is 8.07. The van der Waals surface area contributed by atoms with Gasteiger partial charge in [-0.05, 0) is 48.5 Å². The summed E-state index contributed by atoms with van der Waals surface area (Å²) in [5, 5.41) is 4.48. The molecular weight excluding hydrogens is 284 g/mol. The fourth-order valence-electron chi connectivity index (χ4n) is 3.08. The predicted octanol–water partition coefficient (Wildman–Crippen LogP) is 4.27. The van der Waals surface area contributed by atoms with Gasteiger partial charge in [-0.2, -0.15) is 0 Å². The van der Waals surface area contributed by atoms with Gasteiger partial charge in [0.25, 0.3) is 0 Å². The first kappa shape index (κ1) is 13.9. The molecule has 0 radical (unpaired) electrons. The number of aromatic nitrogens is 1. The molecule has 1 aliphatic rings. The number of nitrogens with zero attached hydrogens (tertiary/aromatic N) is 1. The monoisotopic (exact) mass is 304 g/mol. The second kappa shape index (κ2) is 6.21. The van der Waals surface area contributed by atoms with Gasteiger partial charge in [-0.3, -0.25) is 0 Å². The first-order chi connectivity index (χ1) is 11.4. The van der Waals surface area contributed by atoms with E-state index in [4.69, 9.17) is 4.74 Å². The van der Waals surface area contributed by atoms with Crippen LogP contribution in [0.15, 0.2) is 73.1 Å². The molecule has 0 saturated carbocycles. The van der Waals surface area contributed by atoms with E-state index in [2.05, 4.69) is 64.8 Å².